The third-order valence-electron chi connectivity index (χ3n) is 2.84. The standard InChI is InChI=1S/C15H13ClN2O4/c1-2-22-14-6-4-3-5-11(14)15(19)17-13-8-7-10(18(20)21)9-12(13)16/h3-9H,2H2,1H3,(H,17,19). The number of para-hydroxylation sites is 1. The summed E-state index contributed by atoms with van der Waals surface area (Å²) in [5.41, 5.74) is 0.514. The predicted molar refractivity (Wildman–Crippen MR) is 83.7 cm³/mol. The Labute approximate surface area is 131 Å². The van der Waals surface area contributed by atoms with Gasteiger partial charge in [0.2, 0.25) is 0 Å². The molecular weight excluding hydrogens is 308 g/mol. The number of nitrogens with one attached hydrogen (secondary N) is 1. The number of rotatable bonds is 5. The summed E-state index contributed by atoms with van der Waals surface area (Å²) in [4.78, 5) is 22.4. The molecule has 2 rings (SSSR count). The Balaban J connectivity index is 2.24. The lowest BCUT2D eigenvalue weighted by atomic mass is 10.2. The van der Waals surface area contributed by atoms with E-state index >= 15 is 0 Å². The van der Waals surface area contributed by atoms with Crippen molar-refractivity contribution in [3.8, 4) is 5.75 Å². The van der Waals surface area contributed by atoms with Crippen molar-refractivity contribution in [1.29, 1.82) is 0 Å². The third kappa shape index (κ3) is 3.53. The minimum absolute atomic E-state index is 0.0939. The Kier molecular flexibility index (Phi) is 4.95. The van der Waals surface area contributed by atoms with E-state index in [9.17, 15) is 14.9 Å². The molecule has 0 atom stereocenters. The SMILES string of the molecule is CCOc1ccccc1C(=O)Nc1ccc([N+](=O)[O-])cc1Cl. The van der Waals surface area contributed by atoms with Crippen molar-refractivity contribution < 1.29 is 14.5 Å². The second-order valence-electron chi connectivity index (χ2n) is 4.30. The average Bonchev–Trinajstić information content (AvgIpc) is 2.50. The number of anilines is 1. The smallest absolute Gasteiger partial charge is 0.271 e. The average molecular weight is 321 g/mol. The van der Waals surface area contributed by atoms with E-state index in [4.69, 9.17) is 16.3 Å². The summed E-state index contributed by atoms with van der Waals surface area (Å²) in [6.45, 7) is 2.25. The zero-order chi connectivity index (χ0) is 16.1. The molecule has 0 spiro atoms. The summed E-state index contributed by atoms with van der Waals surface area (Å²) in [6.07, 6.45) is 0. The number of nitro groups is 1. The molecule has 7 heteroatoms. The zero-order valence-corrected chi connectivity index (χ0v) is 12.5. The molecule has 1 amide bonds. The number of amides is 1. The highest BCUT2D eigenvalue weighted by Crippen LogP contribution is 2.28. The van der Waals surface area contributed by atoms with Crippen molar-refractivity contribution >= 4 is 28.9 Å². The van der Waals surface area contributed by atoms with Crippen molar-refractivity contribution in [2.75, 3.05) is 11.9 Å². The fourth-order valence-electron chi connectivity index (χ4n) is 1.84. The normalized spacial score (nSPS) is 10.1. The van der Waals surface area contributed by atoms with E-state index in [0.29, 0.717) is 23.6 Å². The molecule has 2 aromatic rings. The van der Waals surface area contributed by atoms with Crippen LogP contribution in [-0.4, -0.2) is 17.4 Å². The number of non-ortho nitro benzene ring substituents is 1. The number of hydrogen-bond acceptors (Lipinski definition) is 4. The fraction of sp³-hybridized carbons (Fsp3) is 0.133. The van der Waals surface area contributed by atoms with Gasteiger partial charge in [-0.25, -0.2) is 0 Å². The monoisotopic (exact) mass is 320 g/mol. The minimum atomic E-state index is -0.554. The molecule has 0 radical (unpaired) electrons. The number of carbonyl (C=O) groups excluding carboxylic acids is 1. The van der Waals surface area contributed by atoms with Crippen molar-refractivity contribution in [1.82, 2.24) is 0 Å². The molecule has 0 heterocycles. The molecule has 0 aliphatic carbocycles. The first-order valence-corrected chi connectivity index (χ1v) is 6.88. The maximum absolute atomic E-state index is 12.3. The fourth-order valence-corrected chi connectivity index (χ4v) is 2.07. The molecule has 22 heavy (non-hydrogen) atoms. The number of carbonyl (C=O) groups is 1. The topological polar surface area (TPSA) is 81.5 Å². The van der Waals surface area contributed by atoms with E-state index in [1.165, 1.54) is 18.2 Å². The van der Waals surface area contributed by atoms with Crippen LogP contribution in [-0.2, 0) is 0 Å². The summed E-state index contributed by atoms with van der Waals surface area (Å²) in [5.74, 6) is 0.0559. The van der Waals surface area contributed by atoms with Crippen molar-refractivity contribution in [2.24, 2.45) is 0 Å². The highest BCUT2D eigenvalue weighted by Gasteiger charge is 2.15. The summed E-state index contributed by atoms with van der Waals surface area (Å²) in [5, 5.41) is 13.4. The lowest BCUT2D eigenvalue weighted by Crippen LogP contribution is -2.14. The van der Waals surface area contributed by atoms with Gasteiger partial charge in [-0.15, -0.1) is 0 Å². The van der Waals surface area contributed by atoms with Crippen LogP contribution in [0, 0.1) is 10.1 Å². The molecule has 0 saturated carbocycles. The lowest BCUT2D eigenvalue weighted by Gasteiger charge is -2.11. The van der Waals surface area contributed by atoms with Gasteiger partial charge in [0.05, 0.1) is 27.8 Å². The van der Waals surface area contributed by atoms with Crippen molar-refractivity contribution in [3.05, 3.63) is 63.2 Å². The Morgan fingerprint density at radius 2 is 2.05 bits per heavy atom. The van der Waals surface area contributed by atoms with Gasteiger partial charge in [0.1, 0.15) is 5.75 Å². The van der Waals surface area contributed by atoms with Crippen molar-refractivity contribution in [3.63, 3.8) is 0 Å². The van der Waals surface area contributed by atoms with Crippen LogP contribution in [0.25, 0.3) is 0 Å². The van der Waals surface area contributed by atoms with E-state index < -0.39 is 10.8 Å². The Bertz CT molecular complexity index is 718. The van der Waals surface area contributed by atoms with Crippen LogP contribution in [0.5, 0.6) is 5.75 Å². The Hall–Kier alpha value is -2.60. The van der Waals surface area contributed by atoms with Gasteiger partial charge in [0, 0.05) is 12.1 Å². The molecule has 0 bridgehead atoms. The number of benzene rings is 2. The van der Waals surface area contributed by atoms with Crippen LogP contribution < -0.4 is 10.1 Å². The molecular formula is C15H13ClN2O4. The molecule has 1 N–H and O–H groups in total. The second kappa shape index (κ2) is 6.91. The van der Waals surface area contributed by atoms with Crippen LogP contribution >= 0.6 is 11.6 Å². The molecule has 0 aliphatic heterocycles. The summed E-state index contributed by atoms with van der Waals surface area (Å²) >= 11 is 5.96. The van der Waals surface area contributed by atoms with Crippen LogP contribution in [0.2, 0.25) is 5.02 Å². The lowest BCUT2D eigenvalue weighted by molar-refractivity contribution is -0.384. The number of halogens is 1. The number of nitro benzene ring substituents is 1. The largest absolute Gasteiger partial charge is 0.493 e. The maximum Gasteiger partial charge on any atom is 0.271 e. The van der Waals surface area contributed by atoms with E-state index in [1.807, 2.05) is 6.92 Å². The van der Waals surface area contributed by atoms with Gasteiger partial charge in [-0.3, -0.25) is 14.9 Å². The van der Waals surface area contributed by atoms with Crippen LogP contribution in [0.1, 0.15) is 17.3 Å². The van der Waals surface area contributed by atoms with Gasteiger partial charge in [-0.2, -0.15) is 0 Å². The summed E-state index contributed by atoms with van der Waals surface area (Å²) in [6, 6.07) is 10.6. The van der Waals surface area contributed by atoms with E-state index in [-0.39, 0.29) is 10.7 Å². The van der Waals surface area contributed by atoms with Gasteiger partial charge in [-0.1, -0.05) is 23.7 Å². The molecule has 0 aromatic heterocycles. The number of ether oxygens (including phenoxy) is 1. The van der Waals surface area contributed by atoms with Gasteiger partial charge >= 0.3 is 0 Å². The second-order valence-corrected chi connectivity index (χ2v) is 4.71. The summed E-state index contributed by atoms with van der Waals surface area (Å²) < 4.78 is 5.39. The van der Waals surface area contributed by atoms with Crippen molar-refractivity contribution in [2.45, 2.75) is 6.92 Å². The van der Waals surface area contributed by atoms with Gasteiger partial charge in [0.25, 0.3) is 11.6 Å². The Morgan fingerprint density at radius 1 is 1.32 bits per heavy atom. The first-order chi connectivity index (χ1) is 10.5. The molecule has 2 aromatic carbocycles. The third-order valence-corrected chi connectivity index (χ3v) is 3.16. The van der Waals surface area contributed by atoms with E-state index in [0.717, 1.165) is 0 Å². The van der Waals surface area contributed by atoms with E-state index in [1.54, 1.807) is 24.3 Å². The number of hydrogen-bond donors (Lipinski definition) is 1. The quantitative estimate of drug-likeness (QED) is 0.669. The minimum Gasteiger partial charge on any atom is -0.493 e. The van der Waals surface area contributed by atoms with Gasteiger partial charge < -0.3 is 10.1 Å². The van der Waals surface area contributed by atoms with E-state index in [2.05, 4.69) is 5.32 Å². The molecule has 0 unspecified atom stereocenters. The number of nitrogens with zero attached hydrogens (tertiary/aromatic N) is 1. The highest BCUT2D eigenvalue weighted by molar-refractivity contribution is 6.34. The molecule has 0 saturated heterocycles. The first-order valence-electron chi connectivity index (χ1n) is 6.50. The van der Waals surface area contributed by atoms with Crippen LogP contribution in [0.3, 0.4) is 0 Å². The Morgan fingerprint density at radius 3 is 2.68 bits per heavy atom. The maximum atomic E-state index is 12.3. The first kappa shape index (κ1) is 15.8. The zero-order valence-electron chi connectivity index (χ0n) is 11.7. The summed E-state index contributed by atoms with van der Waals surface area (Å²) in [7, 11) is 0. The molecule has 0 aliphatic rings. The molecule has 0 fully saturated rings. The molecule has 114 valence electrons. The van der Waals surface area contributed by atoms with Crippen LogP contribution in [0.15, 0.2) is 42.5 Å². The van der Waals surface area contributed by atoms with Gasteiger partial charge in [-0.05, 0) is 25.1 Å². The van der Waals surface area contributed by atoms with Crippen LogP contribution in [0.4, 0.5) is 11.4 Å². The predicted octanol–water partition coefficient (Wildman–Crippen LogP) is 3.90. The highest BCUT2D eigenvalue weighted by atomic mass is 35.5. The molecule has 6 nitrogen and oxygen atoms in total. The van der Waals surface area contributed by atoms with Gasteiger partial charge in [0.15, 0.2) is 0 Å².